The van der Waals surface area contributed by atoms with Gasteiger partial charge in [-0.15, -0.1) is 0 Å². The van der Waals surface area contributed by atoms with Gasteiger partial charge in [0.05, 0.1) is 43.8 Å². The maximum absolute atomic E-state index is 14.5. The molecule has 1 aromatic heterocycles. The number of aromatic nitrogens is 2. The Morgan fingerprint density at radius 2 is 1.70 bits per heavy atom. The molecule has 0 radical (unpaired) electrons. The van der Waals surface area contributed by atoms with Crippen molar-refractivity contribution in [3.63, 3.8) is 0 Å². The third kappa shape index (κ3) is 6.10. The van der Waals surface area contributed by atoms with E-state index in [1.807, 2.05) is 7.05 Å². The number of amides is 1. The number of carbonyl (C=O) groups excluding carboxylic acids is 1. The number of nitrogens with zero attached hydrogens (tertiary/aromatic N) is 6. The lowest BCUT2D eigenvalue weighted by Crippen LogP contribution is -2.50. The van der Waals surface area contributed by atoms with Crippen molar-refractivity contribution in [2.75, 3.05) is 83.4 Å². The summed E-state index contributed by atoms with van der Waals surface area (Å²) in [5.74, 6) is 0.723. The van der Waals surface area contributed by atoms with Crippen LogP contribution in [-0.2, 0) is 17.4 Å². The number of ether oxygens (including phenoxy) is 2. The molecule has 4 heterocycles. The highest BCUT2D eigenvalue weighted by Gasteiger charge is 2.38. The molecule has 1 atom stereocenters. The number of halogens is 3. The Kier molecular flexibility index (Phi) is 8.59. The summed E-state index contributed by atoms with van der Waals surface area (Å²) in [5.41, 5.74) is -0.330. The van der Waals surface area contributed by atoms with Crippen molar-refractivity contribution in [3.8, 4) is 28.4 Å². The lowest BCUT2D eigenvalue weighted by atomic mass is 10.0. The fourth-order valence-corrected chi connectivity index (χ4v) is 6.39. The predicted molar refractivity (Wildman–Crippen MR) is 166 cm³/mol. The number of aliphatic hydroxyl groups is 1. The van der Waals surface area contributed by atoms with Crippen molar-refractivity contribution in [1.82, 2.24) is 19.6 Å². The Labute approximate surface area is 264 Å². The van der Waals surface area contributed by atoms with Crippen molar-refractivity contribution >= 4 is 17.3 Å². The number of fused-ring (bicyclic) bond motifs is 1. The maximum Gasteiger partial charge on any atom is 0.418 e. The number of anilines is 2. The highest BCUT2D eigenvalue weighted by molar-refractivity contribution is 5.84. The molecule has 1 unspecified atom stereocenters. The lowest BCUT2D eigenvalue weighted by molar-refractivity contribution is -0.137. The minimum Gasteiger partial charge on any atom is -0.497 e. The van der Waals surface area contributed by atoms with Crippen LogP contribution < -0.4 is 24.8 Å². The average Bonchev–Trinajstić information content (AvgIpc) is 3.67. The quantitative estimate of drug-likeness (QED) is 0.417. The standard InChI is InChI=1S/C32H37F3N6O5/c1-37-10-12-38(13-11-37)28(43)19-40-9-7-25-29(20-14-23(45-2)17-24(15-20)46-3)36-41(31(44)30(25)40)27-16-21(39-8-6-22(42)18-39)4-5-26(27)32(33,34)35/h4-5,14-17,22,42H,6-13,18-19H2,1-3H3. The van der Waals surface area contributed by atoms with E-state index >= 15 is 0 Å². The largest absolute Gasteiger partial charge is 0.497 e. The normalized spacial score (nSPS) is 18.7. The van der Waals surface area contributed by atoms with Gasteiger partial charge in [-0.2, -0.15) is 23.0 Å². The molecule has 2 aromatic carbocycles. The minimum atomic E-state index is -4.80. The van der Waals surface area contributed by atoms with E-state index in [1.54, 1.807) is 32.9 Å². The molecule has 0 aliphatic carbocycles. The van der Waals surface area contributed by atoms with Crippen LogP contribution in [0.15, 0.2) is 41.2 Å². The topological polar surface area (TPSA) is 104 Å². The Morgan fingerprint density at radius 1 is 1.00 bits per heavy atom. The minimum absolute atomic E-state index is 0.0886. The van der Waals surface area contributed by atoms with Crippen LogP contribution in [0.5, 0.6) is 11.5 Å². The number of alkyl halides is 3. The molecule has 2 saturated heterocycles. The number of likely N-dealkylation sites (N-methyl/N-ethyl adjacent to an activating group) is 1. The first-order valence-electron chi connectivity index (χ1n) is 15.2. The Hall–Kier alpha value is -4.30. The number of carbonyl (C=O) groups is 1. The molecule has 246 valence electrons. The van der Waals surface area contributed by atoms with E-state index < -0.39 is 29.1 Å². The van der Waals surface area contributed by atoms with Gasteiger partial charge in [0.15, 0.2) is 0 Å². The van der Waals surface area contributed by atoms with Gasteiger partial charge in [0, 0.05) is 68.7 Å². The molecule has 3 aliphatic rings. The van der Waals surface area contributed by atoms with E-state index in [9.17, 15) is 27.9 Å². The second-order valence-electron chi connectivity index (χ2n) is 11.9. The number of benzene rings is 2. The van der Waals surface area contributed by atoms with Gasteiger partial charge in [-0.05, 0) is 50.2 Å². The van der Waals surface area contributed by atoms with Crippen LogP contribution in [0.4, 0.5) is 24.5 Å². The molecule has 1 N–H and O–H groups in total. The molecule has 0 bridgehead atoms. The summed E-state index contributed by atoms with van der Waals surface area (Å²) in [7, 11) is 4.96. The van der Waals surface area contributed by atoms with E-state index in [-0.39, 0.29) is 30.4 Å². The molecule has 2 fully saturated rings. The molecule has 1 amide bonds. The summed E-state index contributed by atoms with van der Waals surface area (Å²) in [6.07, 6.45) is -4.56. The van der Waals surface area contributed by atoms with E-state index in [2.05, 4.69) is 10.00 Å². The van der Waals surface area contributed by atoms with Gasteiger partial charge in [-0.3, -0.25) is 9.59 Å². The zero-order valence-electron chi connectivity index (χ0n) is 26.0. The Morgan fingerprint density at radius 3 is 2.30 bits per heavy atom. The predicted octanol–water partition coefficient (Wildman–Crippen LogP) is 2.64. The Balaban J connectivity index is 1.53. The summed E-state index contributed by atoms with van der Waals surface area (Å²) in [6.45, 7) is 3.51. The van der Waals surface area contributed by atoms with Crippen molar-refractivity contribution in [3.05, 3.63) is 57.9 Å². The van der Waals surface area contributed by atoms with Gasteiger partial charge in [0.1, 0.15) is 17.2 Å². The van der Waals surface area contributed by atoms with Crippen molar-refractivity contribution in [1.29, 1.82) is 0 Å². The number of rotatable bonds is 7. The highest BCUT2D eigenvalue weighted by Crippen LogP contribution is 2.39. The van der Waals surface area contributed by atoms with Crippen LogP contribution in [0.25, 0.3) is 16.9 Å². The second kappa shape index (κ2) is 12.5. The molecule has 6 rings (SSSR count). The first-order chi connectivity index (χ1) is 22.0. The van der Waals surface area contributed by atoms with Gasteiger partial charge in [0.25, 0.3) is 5.56 Å². The average molecular weight is 643 g/mol. The fourth-order valence-electron chi connectivity index (χ4n) is 6.39. The molecular formula is C32H37F3N6O5. The van der Waals surface area contributed by atoms with Gasteiger partial charge in [0.2, 0.25) is 5.91 Å². The first-order valence-corrected chi connectivity index (χ1v) is 15.2. The summed E-state index contributed by atoms with van der Waals surface area (Å²) in [5, 5.41) is 14.7. The molecule has 3 aliphatic heterocycles. The fraction of sp³-hybridized carbons (Fsp3) is 0.469. The van der Waals surface area contributed by atoms with Gasteiger partial charge >= 0.3 is 6.18 Å². The van der Waals surface area contributed by atoms with Crippen LogP contribution in [0.3, 0.4) is 0 Å². The zero-order chi connectivity index (χ0) is 32.7. The maximum atomic E-state index is 14.5. The van der Waals surface area contributed by atoms with Crippen LogP contribution in [-0.4, -0.2) is 110 Å². The second-order valence-corrected chi connectivity index (χ2v) is 11.9. The molecular weight excluding hydrogens is 605 g/mol. The molecule has 11 nitrogen and oxygen atoms in total. The monoisotopic (exact) mass is 642 g/mol. The van der Waals surface area contributed by atoms with Crippen LogP contribution in [0.1, 0.15) is 17.5 Å². The first kappa shape index (κ1) is 31.7. The van der Waals surface area contributed by atoms with Gasteiger partial charge in [-0.25, -0.2) is 0 Å². The third-order valence-corrected chi connectivity index (χ3v) is 8.96. The summed E-state index contributed by atoms with van der Waals surface area (Å²) in [6, 6.07) is 8.62. The smallest absolute Gasteiger partial charge is 0.418 e. The molecule has 0 spiro atoms. The number of hydrogen-bond acceptors (Lipinski definition) is 9. The zero-order valence-corrected chi connectivity index (χ0v) is 26.0. The summed E-state index contributed by atoms with van der Waals surface area (Å²) in [4.78, 5) is 35.0. The summed E-state index contributed by atoms with van der Waals surface area (Å²) >= 11 is 0. The van der Waals surface area contributed by atoms with Crippen molar-refractivity contribution in [2.24, 2.45) is 0 Å². The van der Waals surface area contributed by atoms with Crippen molar-refractivity contribution in [2.45, 2.75) is 25.1 Å². The Bertz CT molecular complexity index is 1670. The number of hydrogen-bond donors (Lipinski definition) is 1. The van der Waals surface area contributed by atoms with Crippen LogP contribution in [0.2, 0.25) is 0 Å². The van der Waals surface area contributed by atoms with Crippen molar-refractivity contribution < 1.29 is 32.5 Å². The van der Waals surface area contributed by atoms with Gasteiger partial charge < -0.3 is 34.2 Å². The molecule has 3 aromatic rings. The highest BCUT2D eigenvalue weighted by atomic mass is 19.4. The van der Waals surface area contributed by atoms with Crippen LogP contribution >= 0.6 is 0 Å². The summed E-state index contributed by atoms with van der Waals surface area (Å²) < 4.78 is 55.3. The molecule has 46 heavy (non-hydrogen) atoms. The van der Waals surface area contributed by atoms with E-state index in [0.29, 0.717) is 67.3 Å². The third-order valence-electron chi connectivity index (χ3n) is 8.96. The number of methoxy groups -OCH3 is 2. The number of aliphatic hydroxyl groups excluding tert-OH is 1. The number of piperazine rings is 1. The van der Waals surface area contributed by atoms with E-state index in [0.717, 1.165) is 23.8 Å². The molecule has 14 heteroatoms. The SMILES string of the molecule is COc1cc(OC)cc(-c2nn(-c3cc(N4CCC(O)C4)ccc3C(F)(F)F)c(=O)c3c2CCN3CC(=O)N2CCN(C)CC2)c1. The number of β-amino-alcohol motifs (C(OH)–C–C–N with tert-alkyl or cyclic N) is 1. The molecule has 0 saturated carbocycles. The van der Waals surface area contributed by atoms with E-state index in [1.165, 1.54) is 26.4 Å². The lowest BCUT2D eigenvalue weighted by Gasteiger charge is -2.33. The van der Waals surface area contributed by atoms with Gasteiger partial charge in [-0.1, -0.05) is 0 Å². The van der Waals surface area contributed by atoms with Crippen LogP contribution in [0, 0.1) is 0 Å². The van der Waals surface area contributed by atoms with E-state index in [4.69, 9.17) is 9.47 Å².